The molecule has 0 radical (unpaired) electrons. The van der Waals surface area contributed by atoms with Crippen LogP contribution in [-0.2, 0) is 24.3 Å². The molecule has 0 atom stereocenters. The van der Waals surface area contributed by atoms with Gasteiger partial charge in [0.05, 0.1) is 6.26 Å². The van der Waals surface area contributed by atoms with E-state index in [-0.39, 0.29) is 17.7 Å². The second kappa shape index (κ2) is 6.94. The molecule has 1 aliphatic carbocycles. The monoisotopic (exact) mass is 353 g/mol. The zero-order valence-electron chi connectivity index (χ0n) is 14.9. The third-order valence-corrected chi connectivity index (χ3v) is 5.45. The highest BCUT2D eigenvalue weighted by Crippen LogP contribution is 2.35. The van der Waals surface area contributed by atoms with Crippen molar-refractivity contribution in [1.82, 2.24) is 15.2 Å². The van der Waals surface area contributed by atoms with Crippen LogP contribution < -0.4 is 5.32 Å². The number of amides is 2. The third-order valence-electron chi connectivity index (χ3n) is 5.45. The third kappa shape index (κ3) is 3.23. The molecular formula is C20H23N3O3. The number of nitrogens with zero attached hydrogens (tertiary/aromatic N) is 2. The van der Waals surface area contributed by atoms with Crippen molar-refractivity contribution in [2.45, 2.75) is 39.3 Å². The minimum atomic E-state index is -0.237. The molecule has 0 bridgehead atoms. The van der Waals surface area contributed by atoms with E-state index in [1.807, 2.05) is 11.1 Å². The van der Waals surface area contributed by atoms with E-state index in [0.29, 0.717) is 24.8 Å². The van der Waals surface area contributed by atoms with E-state index in [9.17, 15) is 9.59 Å². The van der Waals surface area contributed by atoms with Crippen LogP contribution in [0.5, 0.6) is 0 Å². The quantitative estimate of drug-likeness (QED) is 0.916. The van der Waals surface area contributed by atoms with Crippen LogP contribution in [0.4, 0.5) is 0 Å². The molecule has 3 heterocycles. The molecule has 6 heteroatoms. The molecule has 26 heavy (non-hydrogen) atoms. The Hall–Kier alpha value is -2.63. The molecule has 2 aromatic rings. The van der Waals surface area contributed by atoms with Crippen LogP contribution in [0.25, 0.3) is 0 Å². The van der Waals surface area contributed by atoms with E-state index in [4.69, 9.17) is 4.42 Å². The van der Waals surface area contributed by atoms with Crippen molar-refractivity contribution < 1.29 is 14.0 Å². The summed E-state index contributed by atoms with van der Waals surface area (Å²) in [6.07, 6.45) is 7.95. The minimum absolute atomic E-state index is 0.204. The van der Waals surface area contributed by atoms with Gasteiger partial charge >= 0.3 is 0 Å². The molecule has 1 fully saturated rings. The smallest absolute Gasteiger partial charge is 0.287 e. The summed E-state index contributed by atoms with van der Waals surface area (Å²) < 4.78 is 5.11. The van der Waals surface area contributed by atoms with Gasteiger partial charge in [0.25, 0.3) is 5.91 Å². The fraction of sp³-hybridized carbons (Fsp3) is 0.450. The topological polar surface area (TPSA) is 75.4 Å². The van der Waals surface area contributed by atoms with Crippen molar-refractivity contribution in [2.24, 2.45) is 11.8 Å². The number of carbonyl (C=O) groups is 2. The van der Waals surface area contributed by atoms with Gasteiger partial charge in [0, 0.05) is 37.9 Å². The predicted molar refractivity (Wildman–Crippen MR) is 95.1 cm³/mol. The van der Waals surface area contributed by atoms with Gasteiger partial charge in [-0.15, -0.1) is 0 Å². The molecule has 136 valence electrons. The number of rotatable bonds is 4. The fourth-order valence-electron chi connectivity index (χ4n) is 3.94. The van der Waals surface area contributed by atoms with Crippen LogP contribution in [0, 0.1) is 11.8 Å². The van der Waals surface area contributed by atoms with Gasteiger partial charge in [-0.25, -0.2) is 0 Å². The number of fused-ring (bicyclic) bond motifs is 1. The molecule has 0 spiro atoms. The minimum Gasteiger partial charge on any atom is -0.459 e. The Morgan fingerprint density at radius 3 is 2.92 bits per heavy atom. The number of hydrogen-bond donors (Lipinski definition) is 1. The first-order valence-electron chi connectivity index (χ1n) is 9.17. The van der Waals surface area contributed by atoms with E-state index in [2.05, 4.69) is 17.2 Å². The number of carbonyl (C=O) groups excluding carboxylic acids is 2. The van der Waals surface area contributed by atoms with E-state index >= 15 is 0 Å². The summed E-state index contributed by atoms with van der Waals surface area (Å²) in [7, 11) is 0. The fourth-order valence-corrected chi connectivity index (χ4v) is 3.94. The summed E-state index contributed by atoms with van der Waals surface area (Å²) in [5, 5.41) is 2.87. The van der Waals surface area contributed by atoms with Crippen LogP contribution in [0.3, 0.4) is 0 Å². The largest absolute Gasteiger partial charge is 0.459 e. The van der Waals surface area contributed by atoms with Crippen molar-refractivity contribution in [2.75, 3.05) is 6.54 Å². The Morgan fingerprint density at radius 2 is 2.19 bits per heavy atom. The number of hydrogen-bond acceptors (Lipinski definition) is 4. The first-order chi connectivity index (χ1) is 12.6. The second-order valence-electron chi connectivity index (χ2n) is 7.38. The molecule has 6 nitrogen and oxygen atoms in total. The zero-order chi connectivity index (χ0) is 18.1. The average Bonchev–Trinajstić information content (AvgIpc) is 3.17. The molecular weight excluding hydrogens is 330 g/mol. The van der Waals surface area contributed by atoms with Gasteiger partial charge in [0.2, 0.25) is 5.91 Å². The maximum absolute atomic E-state index is 12.6. The van der Waals surface area contributed by atoms with Crippen molar-refractivity contribution in [3.8, 4) is 0 Å². The van der Waals surface area contributed by atoms with Crippen LogP contribution >= 0.6 is 0 Å². The molecule has 1 saturated carbocycles. The van der Waals surface area contributed by atoms with Crippen LogP contribution in [0.2, 0.25) is 0 Å². The predicted octanol–water partition coefficient (Wildman–Crippen LogP) is 2.54. The van der Waals surface area contributed by atoms with Gasteiger partial charge in [0.15, 0.2) is 5.76 Å². The molecule has 2 aromatic heterocycles. The lowest BCUT2D eigenvalue weighted by atomic mass is 9.75. The SMILES string of the molecule is CC1CC(C(=O)N2CCc3c(CNC(=O)c4ccco4)cncc3C2)C1. The summed E-state index contributed by atoms with van der Waals surface area (Å²) in [5.41, 5.74) is 3.29. The molecule has 0 saturated heterocycles. The highest BCUT2D eigenvalue weighted by atomic mass is 16.3. The highest BCUT2D eigenvalue weighted by molar-refractivity contribution is 5.91. The van der Waals surface area contributed by atoms with E-state index in [1.165, 1.54) is 11.8 Å². The Morgan fingerprint density at radius 1 is 1.35 bits per heavy atom. The van der Waals surface area contributed by atoms with Crippen LogP contribution in [0.1, 0.15) is 47.0 Å². The molecule has 2 amide bonds. The lowest BCUT2D eigenvalue weighted by Gasteiger charge is -2.38. The second-order valence-corrected chi connectivity index (χ2v) is 7.38. The first-order valence-corrected chi connectivity index (χ1v) is 9.17. The molecule has 0 unspecified atom stereocenters. The van der Waals surface area contributed by atoms with Gasteiger partial charge in [-0.2, -0.15) is 0 Å². The summed E-state index contributed by atoms with van der Waals surface area (Å²) in [5.74, 6) is 1.22. The molecule has 2 aliphatic rings. The Kier molecular flexibility index (Phi) is 4.49. The average molecular weight is 353 g/mol. The zero-order valence-corrected chi connectivity index (χ0v) is 14.9. The maximum Gasteiger partial charge on any atom is 0.287 e. The standard InChI is InChI=1S/C20H23N3O3/c1-13-7-14(8-13)20(25)23-5-4-17-15(9-21-10-16(17)12-23)11-22-19(24)18-3-2-6-26-18/h2-3,6,9-10,13-14H,4-5,7-8,11-12H2,1H3,(H,22,24). The van der Waals surface area contributed by atoms with Gasteiger partial charge < -0.3 is 14.6 Å². The molecule has 1 aliphatic heterocycles. The highest BCUT2D eigenvalue weighted by Gasteiger charge is 2.35. The van der Waals surface area contributed by atoms with Crippen LogP contribution in [0.15, 0.2) is 35.2 Å². The summed E-state index contributed by atoms with van der Waals surface area (Å²) >= 11 is 0. The number of aromatic nitrogens is 1. The maximum atomic E-state index is 12.6. The molecule has 1 N–H and O–H groups in total. The summed E-state index contributed by atoms with van der Waals surface area (Å²) in [4.78, 5) is 30.9. The molecule has 0 aromatic carbocycles. The van der Waals surface area contributed by atoms with Gasteiger partial charge in [-0.3, -0.25) is 14.6 Å². The normalized spacial score (nSPS) is 21.7. The van der Waals surface area contributed by atoms with Crippen molar-refractivity contribution in [1.29, 1.82) is 0 Å². The number of pyridine rings is 1. The Balaban J connectivity index is 1.42. The summed E-state index contributed by atoms with van der Waals surface area (Å²) in [6.45, 7) is 3.96. The van der Waals surface area contributed by atoms with Gasteiger partial charge in [0.1, 0.15) is 0 Å². The summed E-state index contributed by atoms with van der Waals surface area (Å²) in [6, 6.07) is 3.33. The van der Waals surface area contributed by atoms with Gasteiger partial charge in [-0.1, -0.05) is 6.92 Å². The first kappa shape index (κ1) is 16.8. The number of nitrogens with one attached hydrogen (secondary N) is 1. The lowest BCUT2D eigenvalue weighted by Crippen LogP contribution is -2.43. The van der Waals surface area contributed by atoms with E-state index in [1.54, 1.807) is 18.3 Å². The van der Waals surface area contributed by atoms with Crippen molar-refractivity contribution in [3.05, 3.63) is 53.2 Å². The van der Waals surface area contributed by atoms with Crippen molar-refractivity contribution in [3.63, 3.8) is 0 Å². The van der Waals surface area contributed by atoms with Crippen LogP contribution in [-0.4, -0.2) is 28.2 Å². The molecule has 4 rings (SSSR count). The van der Waals surface area contributed by atoms with Crippen molar-refractivity contribution >= 4 is 11.8 Å². The Bertz CT molecular complexity index is 810. The Labute approximate surface area is 152 Å². The van der Waals surface area contributed by atoms with Gasteiger partial charge in [-0.05, 0) is 54.0 Å². The lowest BCUT2D eigenvalue weighted by molar-refractivity contribution is -0.140. The van der Waals surface area contributed by atoms with E-state index in [0.717, 1.165) is 36.9 Å². The number of furan rings is 1. The van der Waals surface area contributed by atoms with E-state index < -0.39 is 0 Å².